The molecule has 0 aromatic heterocycles. The van der Waals surface area contributed by atoms with Crippen molar-refractivity contribution in [1.29, 1.82) is 0 Å². The van der Waals surface area contributed by atoms with Crippen LogP contribution in [0.4, 0.5) is 0 Å². The van der Waals surface area contributed by atoms with Gasteiger partial charge in [-0.3, -0.25) is 4.79 Å². The van der Waals surface area contributed by atoms with E-state index in [1.165, 1.54) is 19.3 Å². The van der Waals surface area contributed by atoms with E-state index in [4.69, 9.17) is 4.74 Å². The maximum atomic E-state index is 11.1. The Labute approximate surface area is 92.8 Å². The molecule has 0 aliphatic heterocycles. The Hall–Kier alpha value is -0.180. The SMILES string of the molecule is CCCCCCOC(=O)CCCCS. The summed E-state index contributed by atoms with van der Waals surface area (Å²) < 4.78 is 5.07. The molecule has 0 heterocycles. The summed E-state index contributed by atoms with van der Waals surface area (Å²) in [4.78, 5) is 11.1. The lowest BCUT2D eigenvalue weighted by molar-refractivity contribution is -0.143. The lowest BCUT2D eigenvalue weighted by Gasteiger charge is -2.03. The molecule has 0 bridgehead atoms. The van der Waals surface area contributed by atoms with Crippen molar-refractivity contribution in [2.75, 3.05) is 12.4 Å². The van der Waals surface area contributed by atoms with Crippen LogP contribution in [0.2, 0.25) is 0 Å². The molecule has 0 unspecified atom stereocenters. The summed E-state index contributed by atoms with van der Waals surface area (Å²) in [6.07, 6.45) is 7.07. The molecule has 0 N–H and O–H groups in total. The van der Waals surface area contributed by atoms with E-state index in [-0.39, 0.29) is 5.97 Å². The second kappa shape index (κ2) is 10.9. The molecule has 0 radical (unpaired) electrons. The molecule has 0 spiro atoms. The first-order valence-corrected chi connectivity index (χ1v) is 6.21. The summed E-state index contributed by atoms with van der Waals surface area (Å²) in [5.41, 5.74) is 0. The van der Waals surface area contributed by atoms with Crippen molar-refractivity contribution in [2.45, 2.75) is 51.9 Å². The zero-order valence-corrected chi connectivity index (χ0v) is 10.0. The first-order valence-electron chi connectivity index (χ1n) is 5.57. The van der Waals surface area contributed by atoms with Crippen LogP contribution < -0.4 is 0 Å². The quantitative estimate of drug-likeness (QED) is 0.365. The number of ether oxygens (including phenoxy) is 1. The first kappa shape index (κ1) is 13.8. The van der Waals surface area contributed by atoms with E-state index >= 15 is 0 Å². The van der Waals surface area contributed by atoms with Crippen LogP contribution >= 0.6 is 12.6 Å². The normalized spacial score (nSPS) is 10.1. The van der Waals surface area contributed by atoms with Gasteiger partial charge >= 0.3 is 5.97 Å². The molecule has 0 saturated heterocycles. The summed E-state index contributed by atoms with van der Waals surface area (Å²) >= 11 is 4.08. The van der Waals surface area contributed by atoms with Gasteiger partial charge in [-0.15, -0.1) is 0 Å². The van der Waals surface area contributed by atoms with E-state index in [0.29, 0.717) is 13.0 Å². The minimum atomic E-state index is -0.0525. The van der Waals surface area contributed by atoms with Crippen LogP contribution in [0.3, 0.4) is 0 Å². The van der Waals surface area contributed by atoms with E-state index in [1.54, 1.807) is 0 Å². The van der Waals surface area contributed by atoms with Crippen molar-refractivity contribution in [3.8, 4) is 0 Å². The van der Waals surface area contributed by atoms with Gasteiger partial charge in [-0.25, -0.2) is 0 Å². The Morgan fingerprint density at radius 1 is 1.14 bits per heavy atom. The third-order valence-corrected chi connectivity index (χ3v) is 2.37. The second-order valence-electron chi connectivity index (χ2n) is 3.46. The van der Waals surface area contributed by atoms with Gasteiger partial charge in [0.15, 0.2) is 0 Å². The number of carbonyl (C=O) groups excluding carboxylic acids is 1. The van der Waals surface area contributed by atoms with E-state index in [2.05, 4.69) is 19.6 Å². The smallest absolute Gasteiger partial charge is 0.305 e. The Morgan fingerprint density at radius 2 is 1.93 bits per heavy atom. The van der Waals surface area contributed by atoms with Gasteiger partial charge in [0.2, 0.25) is 0 Å². The predicted molar refractivity (Wildman–Crippen MR) is 62.8 cm³/mol. The molecule has 0 aliphatic rings. The number of unbranched alkanes of at least 4 members (excludes halogenated alkanes) is 4. The molecular formula is C11H22O2S. The molecule has 2 nitrogen and oxygen atoms in total. The van der Waals surface area contributed by atoms with Gasteiger partial charge in [-0.1, -0.05) is 26.2 Å². The Balaban J connectivity index is 3.10. The zero-order valence-electron chi connectivity index (χ0n) is 9.13. The van der Waals surface area contributed by atoms with Gasteiger partial charge < -0.3 is 4.74 Å². The molecular weight excluding hydrogens is 196 g/mol. The fraction of sp³-hybridized carbons (Fsp3) is 0.909. The molecule has 0 atom stereocenters. The van der Waals surface area contributed by atoms with Gasteiger partial charge in [0.05, 0.1) is 6.61 Å². The predicted octanol–water partition coefficient (Wildman–Crippen LogP) is 3.21. The van der Waals surface area contributed by atoms with Crippen molar-refractivity contribution in [2.24, 2.45) is 0 Å². The van der Waals surface area contributed by atoms with Crippen LogP contribution in [-0.4, -0.2) is 18.3 Å². The highest BCUT2D eigenvalue weighted by molar-refractivity contribution is 7.80. The van der Waals surface area contributed by atoms with Crippen LogP contribution in [0.1, 0.15) is 51.9 Å². The highest BCUT2D eigenvalue weighted by Crippen LogP contribution is 2.02. The topological polar surface area (TPSA) is 26.3 Å². The van der Waals surface area contributed by atoms with E-state index in [1.807, 2.05) is 0 Å². The minimum Gasteiger partial charge on any atom is -0.466 e. The third kappa shape index (κ3) is 9.90. The second-order valence-corrected chi connectivity index (χ2v) is 3.91. The number of rotatable bonds is 9. The molecule has 0 fully saturated rings. The summed E-state index contributed by atoms with van der Waals surface area (Å²) in [5, 5.41) is 0. The molecule has 0 saturated carbocycles. The molecule has 0 aliphatic carbocycles. The maximum absolute atomic E-state index is 11.1. The number of hydrogen-bond donors (Lipinski definition) is 1. The number of hydrogen-bond acceptors (Lipinski definition) is 3. The van der Waals surface area contributed by atoms with Crippen LogP contribution in [0.25, 0.3) is 0 Å². The average molecular weight is 218 g/mol. The molecule has 0 amide bonds. The van der Waals surface area contributed by atoms with Crippen LogP contribution in [0, 0.1) is 0 Å². The summed E-state index contributed by atoms with van der Waals surface area (Å²) in [6, 6.07) is 0. The molecule has 84 valence electrons. The van der Waals surface area contributed by atoms with Crippen molar-refractivity contribution in [3.63, 3.8) is 0 Å². The van der Waals surface area contributed by atoms with E-state index in [0.717, 1.165) is 25.0 Å². The lowest BCUT2D eigenvalue weighted by Crippen LogP contribution is -2.05. The van der Waals surface area contributed by atoms with Gasteiger partial charge in [0.1, 0.15) is 0 Å². The van der Waals surface area contributed by atoms with E-state index < -0.39 is 0 Å². The molecule has 0 aromatic carbocycles. The van der Waals surface area contributed by atoms with Gasteiger partial charge in [-0.2, -0.15) is 12.6 Å². The van der Waals surface area contributed by atoms with Crippen LogP contribution in [-0.2, 0) is 9.53 Å². The maximum Gasteiger partial charge on any atom is 0.305 e. The molecule has 14 heavy (non-hydrogen) atoms. The molecule has 3 heteroatoms. The summed E-state index contributed by atoms with van der Waals surface area (Å²) in [6.45, 7) is 2.77. The Kier molecular flexibility index (Phi) is 10.8. The Bertz CT molecular complexity index is 137. The lowest BCUT2D eigenvalue weighted by atomic mass is 10.2. The number of carbonyl (C=O) groups is 1. The largest absolute Gasteiger partial charge is 0.466 e. The minimum absolute atomic E-state index is 0.0525. The highest BCUT2D eigenvalue weighted by Gasteiger charge is 2.01. The van der Waals surface area contributed by atoms with Gasteiger partial charge in [0, 0.05) is 6.42 Å². The van der Waals surface area contributed by atoms with E-state index in [9.17, 15) is 4.79 Å². The zero-order chi connectivity index (χ0) is 10.6. The monoisotopic (exact) mass is 218 g/mol. The summed E-state index contributed by atoms with van der Waals surface area (Å²) in [5.74, 6) is 0.798. The number of esters is 1. The fourth-order valence-corrected chi connectivity index (χ4v) is 1.39. The van der Waals surface area contributed by atoms with Gasteiger partial charge in [-0.05, 0) is 25.0 Å². The molecule has 0 rings (SSSR count). The highest BCUT2D eigenvalue weighted by atomic mass is 32.1. The number of thiol groups is 1. The standard InChI is InChI=1S/C11H22O2S/c1-2-3-4-6-9-13-11(12)8-5-7-10-14/h14H,2-10H2,1H3. The van der Waals surface area contributed by atoms with Gasteiger partial charge in [0.25, 0.3) is 0 Å². The third-order valence-electron chi connectivity index (χ3n) is 2.05. The van der Waals surface area contributed by atoms with Crippen molar-refractivity contribution >= 4 is 18.6 Å². The van der Waals surface area contributed by atoms with Crippen molar-refractivity contribution in [1.82, 2.24) is 0 Å². The first-order chi connectivity index (χ1) is 6.81. The van der Waals surface area contributed by atoms with Crippen LogP contribution in [0.5, 0.6) is 0 Å². The fourth-order valence-electron chi connectivity index (χ4n) is 1.17. The molecule has 0 aromatic rings. The van der Waals surface area contributed by atoms with Crippen molar-refractivity contribution < 1.29 is 9.53 Å². The summed E-state index contributed by atoms with van der Waals surface area (Å²) in [7, 11) is 0. The Morgan fingerprint density at radius 3 is 2.57 bits per heavy atom. The van der Waals surface area contributed by atoms with Crippen molar-refractivity contribution in [3.05, 3.63) is 0 Å². The van der Waals surface area contributed by atoms with Crippen LogP contribution in [0.15, 0.2) is 0 Å². The average Bonchev–Trinajstić information content (AvgIpc) is 2.18.